The van der Waals surface area contributed by atoms with Crippen molar-refractivity contribution in [3.63, 3.8) is 0 Å². The number of benzene rings is 1. The average molecular weight is 525 g/mol. The largest absolute Gasteiger partial charge is 0.462 e. The van der Waals surface area contributed by atoms with Gasteiger partial charge in [-0.25, -0.2) is 18.4 Å². The van der Waals surface area contributed by atoms with Gasteiger partial charge >= 0.3 is 5.97 Å². The summed E-state index contributed by atoms with van der Waals surface area (Å²) in [5.74, 6) is 1.41. The normalized spacial score (nSPS) is 14.1. The molecule has 0 aliphatic carbocycles. The number of rotatable bonds is 10. The van der Waals surface area contributed by atoms with Crippen LogP contribution in [0.4, 0.5) is 0 Å². The molecule has 186 valence electrons. The van der Waals surface area contributed by atoms with Crippen LogP contribution in [0.15, 0.2) is 28.5 Å². The molecule has 10 heteroatoms. The number of esters is 1. The van der Waals surface area contributed by atoms with Gasteiger partial charge in [0.05, 0.1) is 24.5 Å². The van der Waals surface area contributed by atoms with Gasteiger partial charge in [-0.1, -0.05) is 51.5 Å². The summed E-state index contributed by atoms with van der Waals surface area (Å²) in [6, 6.07) is 7.10. The fourth-order valence-corrected chi connectivity index (χ4v) is 7.21. The lowest BCUT2D eigenvalue weighted by Gasteiger charge is -2.14. The second kappa shape index (κ2) is 11.7. The van der Waals surface area contributed by atoms with E-state index < -0.39 is 16.0 Å². The zero-order valence-electron chi connectivity index (χ0n) is 19.8. The van der Waals surface area contributed by atoms with Gasteiger partial charge in [-0.3, -0.25) is 4.79 Å². The summed E-state index contributed by atoms with van der Waals surface area (Å²) in [6.07, 6.45) is 2.41. The molecule has 34 heavy (non-hydrogen) atoms. The van der Waals surface area contributed by atoms with Crippen LogP contribution in [-0.4, -0.2) is 50.0 Å². The zero-order chi connectivity index (χ0) is 24.9. The summed E-state index contributed by atoms with van der Waals surface area (Å²) in [6.45, 7) is 7.05. The van der Waals surface area contributed by atoms with Crippen LogP contribution in [0.2, 0.25) is 0 Å². The molecular formula is C24H32N2O5S3. The van der Waals surface area contributed by atoms with E-state index in [4.69, 9.17) is 9.88 Å². The third-order valence-electron chi connectivity index (χ3n) is 5.44. The number of carbonyl (C=O) groups is 2. The van der Waals surface area contributed by atoms with Gasteiger partial charge in [-0.15, -0.1) is 23.1 Å². The molecular weight excluding hydrogens is 492 g/mol. The Labute approximate surface area is 210 Å². The van der Waals surface area contributed by atoms with Crippen molar-refractivity contribution in [3.05, 3.63) is 40.3 Å². The quantitative estimate of drug-likeness (QED) is 0.367. The molecule has 3 rings (SSSR count). The molecule has 1 aliphatic heterocycles. The van der Waals surface area contributed by atoms with E-state index in [0.717, 1.165) is 42.0 Å². The number of amides is 1. The molecule has 1 aromatic carbocycles. The summed E-state index contributed by atoms with van der Waals surface area (Å²) in [4.78, 5) is 28.1. The van der Waals surface area contributed by atoms with Crippen molar-refractivity contribution >= 4 is 45.0 Å². The Morgan fingerprint density at radius 2 is 1.91 bits per heavy atom. The maximum Gasteiger partial charge on any atom is 0.339 e. The van der Waals surface area contributed by atoms with Gasteiger partial charge in [0.15, 0.2) is 0 Å². The van der Waals surface area contributed by atoms with Crippen LogP contribution in [0, 0.1) is 5.92 Å². The van der Waals surface area contributed by atoms with E-state index in [1.54, 1.807) is 36.0 Å². The number of hydrogen-bond donors (Lipinski definition) is 1. The lowest BCUT2D eigenvalue weighted by Crippen LogP contribution is -2.29. The van der Waals surface area contributed by atoms with Crippen molar-refractivity contribution in [1.29, 1.82) is 0 Å². The predicted octanol–water partition coefficient (Wildman–Crippen LogP) is 4.29. The molecule has 7 nitrogen and oxygen atoms in total. The highest BCUT2D eigenvalue weighted by atomic mass is 32.2. The first-order chi connectivity index (χ1) is 16.1. The molecule has 0 unspecified atom stereocenters. The number of primary sulfonamides is 1. The smallest absolute Gasteiger partial charge is 0.339 e. The molecule has 0 spiro atoms. The summed E-state index contributed by atoms with van der Waals surface area (Å²) < 4.78 is 30.5. The third-order valence-corrected chi connectivity index (χ3v) is 9.08. The fourth-order valence-electron chi connectivity index (χ4n) is 3.72. The maximum absolute atomic E-state index is 13.1. The Morgan fingerprint density at radius 1 is 1.21 bits per heavy atom. The molecule has 0 radical (unpaired) electrons. The standard InChI is InChI=1S/C24H32N2O5S3/c1-4-5-11-31-23(28)22-19(13-16(2)3)33-24(34(25,29)30)21(22)18-8-6-17(7-9-18)14-20(27)26-10-12-32-15-26/h6-9,16H,4-5,10-15H2,1-3H3,(H2,25,29,30). The number of hydrogen-bond acceptors (Lipinski definition) is 7. The van der Waals surface area contributed by atoms with Crippen LogP contribution in [0.1, 0.15) is 54.4 Å². The highest BCUT2D eigenvalue weighted by Crippen LogP contribution is 2.41. The molecule has 1 saturated heterocycles. The Kier molecular flexibility index (Phi) is 9.20. The van der Waals surface area contributed by atoms with Crippen molar-refractivity contribution in [2.24, 2.45) is 11.1 Å². The van der Waals surface area contributed by atoms with E-state index in [0.29, 0.717) is 28.3 Å². The lowest BCUT2D eigenvalue weighted by molar-refractivity contribution is -0.129. The number of sulfonamides is 1. The minimum Gasteiger partial charge on any atom is -0.462 e. The first-order valence-electron chi connectivity index (χ1n) is 11.4. The molecule has 1 aromatic heterocycles. The first-order valence-corrected chi connectivity index (χ1v) is 14.9. The van der Waals surface area contributed by atoms with Crippen LogP contribution in [0.5, 0.6) is 0 Å². The van der Waals surface area contributed by atoms with Gasteiger partial charge in [0.25, 0.3) is 0 Å². The van der Waals surface area contributed by atoms with E-state index in [9.17, 15) is 18.0 Å². The van der Waals surface area contributed by atoms with Gasteiger partial charge in [0.1, 0.15) is 4.21 Å². The van der Waals surface area contributed by atoms with E-state index in [2.05, 4.69) is 0 Å². The Bertz CT molecular complexity index is 1120. The highest BCUT2D eigenvalue weighted by Gasteiger charge is 2.31. The van der Waals surface area contributed by atoms with Crippen molar-refractivity contribution in [1.82, 2.24) is 4.90 Å². The van der Waals surface area contributed by atoms with Crippen LogP contribution in [0.3, 0.4) is 0 Å². The SMILES string of the molecule is CCCCOC(=O)c1c(CC(C)C)sc(S(N)(=O)=O)c1-c1ccc(CC(=O)N2CCSC2)cc1. The van der Waals surface area contributed by atoms with Crippen molar-refractivity contribution < 1.29 is 22.7 Å². The van der Waals surface area contributed by atoms with Crippen molar-refractivity contribution in [2.45, 2.75) is 50.7 Å². The number of nitrogens with zero attached hydrogens (tertiary/aromatic N) is 1. The highest BCUT2D eigenvalue weighted by molar-refractivity contribution is 7.99. The van der Waals surface area contributed by atoms with Gasteiger partial charge in [-0.2, -0.15) is 0 Å². The second-order valence-electron chi connectivity index (χ2n) is 8.76. The van der Waals surface area contributed by atoms with Crippen molar-refractivity contribution in [3.8, 4) is 11.1 Å². The van der Waals surface area contributed by atoms with E-state index in [1.807, 2.05) is 25.7 Å². The number of ether oxygens (including phenoxy) is 1. The molecule has 1 fully saturated rings. The number of nitrogens with two attached hydrogens (primary N) is 1. The van der Waals surface area contributed by atoms with Crippen LogP contribution < -0.4 is 5.14 Å². The lowest BCUT2D eigenvalue weighted by atomic mass is 9.98. The monoisotopic (exact) mass is 524 g/mol. The molecule has 1 aliphatic rings. The average Bonchev–Trinajstić information content (AvgIpc) is 3.42. The minimum atomic E-state index is -4.07. The molecule has 0 bridgehead atoms. The Hall–Kier alpha value is -1.88. The molecule has 2 aromatic rings. The topological polar surface area (TPSA) is 107 Å². The summed E-state index contributed by atoms with van der Waals surface area (Å²) >= 11 is 2.77. The zero-order valence-corrected chi connectivity index (χ0v) is 22.3. The summed E-state index contributed by atoms with van der Waals surface area (Å²) in [5, 5.41) is 5.57. The second-order valence-corrected chi connectivity index (χ2v) is 12.7. The van der Waals surface area contributed by atoms with Gasteiger partial charge in [-0.05, 0) is 29.9 Å². The van der Waals surface area contributed by atoms with Crippen LogP contribution in [0.25, 0.3) is 11.1 Å². The number of carbonyl (C=O) groups excluding carboxylic acids is 2. The summed E-state index contributed by atoms with van der Waals surface area (Å²) in [5.41, 5.74) is 1.95. The van der Waals surface area contributed by atoms with Crippen LogP contribution >= 0.6 is 23.1 Å². The van der Waals surface area contributed by atoms with Gasteiger partial charge < -0.3 is 9.64 Å². The van der Waals surface area contributed by atoms with E-state index in [-0.39, 0.29) is 34.6 Å². The Morgan fingerprint density at radius 3 is 2.47 bits per heavy atom. The minimum absolute atomic E-state index is 0.0384. The fraction of sp³-hybridized carbons (Fsp3) is 0.500. The predicted molar refractivity (Wildman–Crippen MR) is 138 cm³/mol. The molecule has 2 heterocycles. The van der Waals surface area contributed by atoms with Gasteiger partial charge in [0.2, 0.25) is 15.9 Å². The van der Waals surface area contributed by atoms with Gasteiger partial charge in [0, 0.05) is 22.7 Å². The van der Waals surface area contributed by atoms with E-state index in [1.165, 1.54) is 0 Å². The number of thioether (sulfide) groups is 1. The number of thiophene rings is 1. The first kappa shape index (κ1) is 26.7. The Balaban J connectivity index is 2.01. The molecule has 0 saturated carbocycles. The molecule has 0 atom stereocenters. The van der Waals surface area contributed by atoms with Crippen molar-refractivity contribution in [2.75, 3.05) is 24.8 Å². The molecule has 2 N–H and O–H groups in total. The third kappa shape index (κ3) is 6.62. The van der Waals surface area contributed by atoms with E-state index >= 15 is 0 Å². The van der Waals surface area contributed by atoms with Crippen LogP contribution in [-0.2, 0) is 32.4 Å². The maximum atomic E-state index is 13.1. The number of unbranched alkanes of at least 4 members (excludes halogenated alkanes) is 1. The summed E-state index contributed by atoms with van der Waals surface area (Å²) in [7, 11) is -4.07. The molecule has 1 amide bonds.